The third kappa shape index (κ3) is 2.63. The Morgan fingerprint density at radius 3 is 2.58 bits per heavy atom. The molecule has 0 aliphatic rings. The molecule has 0 saturated heterocycles. The summed E-state index contributed by atoms with van der Waals surface area (Å²) in [5.41, 5.74) is 4.09. The Bertz CT molecular complexity index is 994. The maximum Gasteiger partial charge on any atom is 0.255 e. The highest BCUT2D eigenvalue weighted by molar-refractivity contribution is 6.08. The van der Waals surface area contributed by atoms with Gasteiger partial charge in [-0.2, -0.15) is 0 Å². The van der Waals surface area contributed by atoms with Crippen LogP contribution in [0.15, 0.2) is 73.3 Å². The van der Waals surface area contributed by atoms with Crippen LogP contribution in [0, 0.1) is 0 Å². The van der Waals surface area contributed by atoms with Crippen LogP contribution in [0.25, 0.3) is 22.2 Å². The van der Waals surface area contributed by atoms with Gasteiger partial charge in [0, 0.05) is 41.3 Å². The SMILES string of the molecule is O=C(Nc1c[nH]c2ncc(-c3ccccc3)cc12)c1ccncc1. The van der Waals surface area contributed by atoms with Crippen molar-refractivity contribution < 1.29 is 4.79 Å². The second kappa shape index (κ2) is 5.96. The quantitative estimate of drug-likeness (QED) is 0.603. The number of carbonyl (C=O) groups is 1. The van der Waals surface area contributed by atoms with Gasteiger partial charge in [-0.3, -0.25) is 9.78 Å². The molecule has 3 aromatic heterocycles. The van der Waals surface area contributed by atoms with Crippen molar-refractivity contribution in [1.29, 1.82) is 0 Å². The number of pyridine rings is 2. The molecule has 5 nitrogen and oxygen atoms in total. The summed E-state index contributed by atoms with van der Waals surface area (Å²) in [5, 5.41) is 3.80. The van der Waals surface area contributed by atoms with E-state index in [9.17, 15) is 4.79 Å². The van der Waals surface area contributed by atoms with E-state index in [1.807, 2.05) is 42.6 Å². The minimum atomic E-state index is -0.177. The van der Waals surface area contributed by atoms with Gasteiger partial charge in [-0.1, -0.05) is 30.3 Å². The number of fused-ring (bicyclic) bond motifs is 1. The van der Waals surface area contributed by atoms with Crippen LogP contribution in [0.3, 0.4) is 0 Å². The van der Waals surface area contributed by atoms with Gasteiger partial charge in [0.15, 0.2) is 0 Å². The van der Waals surface area contributed by atoms with E-state index < -0.39 is 0 Å². The normalized spacial score (nSPS) is 10.7. The molecule has 2 N–H and O–H groups in total. The molecule has 0 unspecified atom stereocenters. The molecule has 1 aromatic carbocycles. The van der Waals surface area contributed by atoms with Gasteiger partial charge >= 0.3 is 0 Å². The van der Waals surface area contributed by atoms with E-state index in [1.54, 1.807) is 30.7 Å². The first-order valence-electron chi connectivity index (χ1n) is 7.55. The number of nitrogens with one attached hydrogen (secondary N) is 2. The Balaban J connectivity index is 1.70. The average Bonchev–Trinajstić information content (AvgIpc) is 3.05. The molecule has 0 saturated carbocycles. The highest BCUT2D eigenvalue weighted by atomic mass is 16.1. The summed E-state index contributed by atoms with van der Waals surface area (Å²) < 4.78 is 0. The molecule has 4 aromatic rings. The van der Waals surface area contributed by atoms with E-state index in [1.165, 1.54) is 0 Å². The largest absolute Gasteiger partial charge is 0.344 e. The van der Waals surface area contributed by atoms with Crippen LogP contribution in [-0.4, -0.2) is 20.9 Å². The minimum absolute atomic E-state index is 0.177. The highest BCUT2D eigenvalue weighted by Crippen LogP contribution is 2.27. The van der Waals surface area contributed by atoms with Crippen LogP contribution < -0.4 is 5.32 Å². The zero-order valence-electron chi connectivity index (χ0n) is 12.7. The third-order valence-corrected chi connectivity index (χ3v) is 3.83. The molecule has 0 aliphatic heterocycles. The Morgan fingerprint density at radius 1 is 1.00 bits per heavy atom. The predicted molar refractivity (Wildman–Crippen MR) is 93.7 cm³/mol. The molecule has 0 spiro atoms. The zero-order valence-corrected chi connectivity index (χ0v) is 12.7. The molecule has 116 valence electrons. The number of anilines is 1. The van der Waals surface area contributed by atoms with Gasteiger partial charge in [0.2, 0.25) is 0 Å². The number of aromatic amines is 1. The molecule has 4 rings (SSSR count). The first kappa shape index (κ1) is 14.1. The van der Waals surface area contributed by atoms with Crippen molar-refractivity contribution in [3.63, 3.8) is 0 Å². The molecule has 24 heavy (non-hydrogen) atoms. The van der Waals surface area contributed by atoms with Crippen LogP contribution in [0.5, 0.6) is 0 Å². The number of amides is 1. The Labute approximate surface area is 138 Å². The van der Waals surface area contributed by atoms with Gasteiger partial charge in [0.05, 0.1) is 5.69 Å². The van der Waals surface area contributed by atoms with E-state index in [0.29, 0.717) is 11.3 Å². The first-order valence-corrected chi connectivity index (χ1v) is 7.55. The maximum atomic E-state index is 12.3. The van der Waals surface area contributed by atoms with Crippen molar-refractivity contribution >= 4 is 22.6 Å². The molecule has 0 aliphatic carbocycles. The molecule has 3 heterocycles. The van der Waals surface area contributed by atoms with Crippen LogP contribution in [0.1, 0.15) is 10.4 Å². The second-order valence-electron chi connectivity index (χ2n) is 5.38. The van der Waals surface area contributed by atoms with Crippen molar-refractivity contribution in [2.24, 2.45) is 0 Å². The summed E-state index contributed by atoms with van der Waals surface area (Å²) >= 11 is 0. The molecular weight excluding hydrogens is 300 g/mol. The van der Waals surface area contributed by atoms with Crippen LogP contribution in [0.4, 0.5) is 5.69 Å². The number of H-pyrrole nitrogens is 1. The lowest BCUT2D eigenvalue weighted by Crippen LogP contribution is -2.11. The molecular formula is C19H14N4O. The van der Waals surface area contributed by atoms with Gasteiger partial charge in [-0.05, 0) is 23.8 Å². The minimum Gasteiger partial charge on any atom is -0.344 e. The molecule has 0 radical (unpaired) electrons. The highest BCUT2D eigenvalue weighted by Gasteiger charge is 2.11. The van der Waals surface area contributed by atoms with E-state index in [0.717, 1.165) is 22.2 Å². The smallest absolute Gasteiger partial charge is 0.255 e. The van der Waals surface area contributed by atoms with Crippen LogP contribution in [0.2, 0.25) is 0 Å². The lowest BCUT2D eigenvalue weighted by molar-refractivity contribution is 0.102. The van der Waals surface area contributed by atoms with E-state index in [4.69, 9.17) is 0 Å². The summed E-state index contributed by atoms with van der Waals surface area (Å²) in [6.07, 6.45) is 6.77. The molecule has 5 heteroatoms. The molecule has 0 bridgehead atoms. The lowest BCUT2D eigenvalue weighted by Gasteiger charge is -2.05. The van der Waals surface area contributed by atoms with Crippen molar-refractivity contribution in [3.05, 3.63) is 78.9 Å². The Hall–Kier alpha value is -3.47. The maximum absolute atomic E-state index is 12.3. The Kier molecular flexibility index (Phi) is 3.51. The van der Waals surface area contributed by atoms with Crippen LogP contribution in [-0.2, 0) is 0 Å². The van der Waals surface area contributed by atoms with Gasteiger partial charge in [0.25, 0.3) is 5.91 Å². The van der Waals surface area contributed by atoms with E-state index >= 15 is 0 Å². The first-order chi connectivity index (χ1) is 11.8. The summed E-state index contributed by atoms with van der Waals surface area (Å²) in [7, 11) is 0. The predicted octanol–water partition coefficient (Wildman–Crippen LogP) is 3.88. The van der Waals surface area contributed by atoms with Crippen molar-refractivity contribution in [3.8, 4) is 11.1 Å². The number of benzene rings is 1. The van der Waals surface area contributed by atoms with Gasteiger partial charge in [0.1, 0.15) is 5.65 Å². The third-order valence-electron chi connectivity index (χ3n) is 3.83. The van der Waals surface area contributed by atoms with Gasteiger partial charge in [-0.25, -0.2) is 4.98 Å². The molecule has 0 atom stereocenters. The summed E-state index contributed by atoms with van der Waals surface area (Å²) in [5.74, 6) is -0.177. The number of aromatic nitrogens is 3. The van der Waals surface area contributed by atoms with Crippen LogP contribution >= 0.6 is 0 Å². The van der Waals surface area contributed by atoms with Gasteiger partial charge < -0.3 is 10.3 Å². The number of hydrogen-bond acceptors (Lipinski definition) is 3. The lowest BCUT2D eigenvalue weighted by atomic mass is 10.1. The average molecular weight is 314 g/mol. The van der Waals surface area contributed by atoms with E-state index in [2.05, 4.69) is 20.3 Å². The number of hydrogen-bond donors (Lipinski definition) is 2. The number of nitrogens with zero attached hydrogens (tertiary/aromatic N) is 2. The number of carbonyl (C=O) groups excluding carboxylic acids is 1. The van der Waals surface area contributed by atoms with E-state index in [-0.39, 0.29) is 5.91 Å². The number of rotatable bonds is 3. The molecule has 0 fully saturated rings. The fourth-order valence-corrected chi connectivity index (χ4v) is 2.59. The summed E-state index contributed by atoms with van der Waals surface area (Å²) in [6, 6.07) is 15.4. The van der Waals surface area contributed by atoms with Crippen molar-refractivity contribution in [2.75, 3.05) is 5.32 Å². The molecule has 1 amide bonds. The fourth-order valence-electron chi connectivity index (χ4n) is 2.59. The summed E-state index contributed by atoms with van der Waals surface area (Å²) in [6.45, 7) is 0. The fraction of sp³-hybridized carbons (Fsp3) is 0. The standard InChI is InChI=1S/C19H14N4O/c24-19(14-6-8-20-9-7-14)23-17-12-22-18-16(17)10-15(11-21-18)13-4-2-1-3-5-13/h1-12H,(H,21,22)(H,23,24). The second-order valence-corrected chi connectivity index (χ2v) is 5.38. The Morgan fingerprint density at radius 2 is 1.79 bits per heavy atom. The summed E-state index contributed by atoms with van der Waals surface area (Å²) in [4.78, 5) is 23.8. The van der Waals surface area contributed by atoms with Crippen molar-refractivity contribution in [2.45, 2.75) is 0 Å². The van der Waals surface area contributed by atoms with Crippen molar-refractivity contribution in [1.82, 2.24) is 15.0 Å². The zero-order chi connectivity index (χ0) is 16.4. The van der Waals surface area contributed by atoms with Gasteiger partial charge in [-0.15, -0.1) is 0 Å². The topological polar surface area (TPSA) is 70.7 Å². The monoisotopic (exact) mass is 314 g/mol.